The zero-order chi connectivity index (χ0) is 20.1. The van der Waals surface area contributed by atoms with E-state index >= 15 is 0 Å². The zero-order valence-electron chi connectivity index (χ0n) is 15.0. The molecule has 0 bridgehead atoms. The Morgan fingerprint density at radius 3 is 2.54 bits per heavy atom. The minimum absolute atomic E-state index is 0.0110. The standard InChI is InChI=1S/C19H16F2N4O3/c1-27-12-4-6-17(28-2)16(10-12)25-19-22-8-7-15(24-19)18(26)23-14-5-3-11(20)9-13(14)21/h3-10H,1-2H3,(H,23,26)(H,22,24,25). The van der Waals surface area contributed by atoms with Crippen LogP contribution in [-0.4, -0.2) is 30.1 Å². The first-order valence-corrected chi connectivity index (χ1v) is 8.08. The Morgan fingerprint density at radius 2 is 1.82 bits per heavy atom. The molecule has 2 aromatic carbocycles. The quantitative estimate of drug-likeness (QED) is 0.671. The van der Waals surface area contributed by atoms with Crippen molar-refractivity contribution in [3.8, 4) is 11.5 Å². The molecular weight excluding hydrogens is 370 g/mol. The summed E-state index contributed by atoms with van der Waals surface area (Å²) < 4.78 is 37.2. The molecule has 0 saturated carbocycles. The fourth-order valence-corrected chi connectivity index (χ4v) is 2.35. The molecule has 0 atom stereocenters. The Balaban J connectivity index is 1.81. The van der Waals surface area contributed by atoms with Gasteiger partial charge in [-0.3, -0.25) is 4.79 Å². The van der Waals surface area contributed by atoms with E-state index in [9.17, 15) is 13.6 Å². The second-order valence-electron chi connectivity index (χ2n) is 5.53. The Hall–Kier alpha value is -3.75. The van der Waals surface area contributed by atoms with Gasteiger partial charge in [0, 0.05) is 18.3 Å². The summed E-state index contributed by atoms with van der Waals surface area (Å²) in [5, 5.41) is 5.29. The van der Waals surface area contributed by atoms with Crippen molar-refractivity contribution in [3.05, 3.63) is 66.0 Å². The molecule has 0 radical (unpaired) electrons. The van der Waals surface area contributed by atoms with E-state index in [0.29, 0.717) is 23.3 Å². The topological polar surface area (TPSA) is 85.4 Å². The molecule has 0 unspecified atom stereocenters. The van der Waals surface area contributed by atoms with Gasteiger partial charge in [0.1, 0.15) is 28.8 Å². The van der Waals surface area contributed by atoms with Crippen LogP contribution >= 0.6 is 0 Å². The molecule has 0 saturated heterocycles. The number of carbonyl (C=O) groups is 1. The Labute approximate surface area is 159 Å². The van der Waals surface area contributed by atoms with Gasteiger partial charge in [0.25, 0.3) is 5.91 Å². The Bertz CT molecular complexity index is 1010. The zero-order valence-corrected chi connectivity index (χ0v) is 15.0. The second kappa shape index (κ2) is 8.30. The van der Waals surface area contributed by atoms with Gasteiger partial charge < -0.3 is 20.1 Å². The summed E-state index contributed by atoms with van der Waals surface area (Å²) in [5.41, 5.74) is 0.362. The molecule has 0 aliphatic heterocycles. The molecule has 0 aliphatic rings. The predicted octanol–water partition coefficient (Wildman–Crippen LogP) is 3.77. The largest absolute Gasteiger partial charge is 0.497 e. The van der Waals surface area contributed by atoms with E-state index in [-0.39, 0.29) is 17.3 Å². The summed E-state index contributed by atoms with van der Waals surface area (Å²) in [7, 11) is 3.04. The van der Waals surface area contributed by atoms with Crippen LogP contribution in [0.1, 0.15) is 10.5 Å². The maximum atomic E-state index is 13.7. The molecule has 144 valence electrons. The minimum atomic E-state index is -0.887. The fourth-order valence-electron chi connectivity index (χ4n) is 2.35. The van der Waals surface area contributed by atoms with E-state index in [4.69, 9.17) is 9.47 Å². The van der Waals surface area contributed by atoms with E-state index in [1.165, 1.54) is 26.5 Å². The third-order valence-electron chi connectivity index (χ3n) is 3.72. The minimum Gasteiger partial charge on any atom is -0.497 e. The third-order valence-corrected chi connectivity index (χ3v) is 3.72. The molecule has 0 fully saturated rings. The number of ether oxygens (including phenoxy) is 2. The first kappa shape index (κ1) is 19.0. The highest BCUT2D eigenvalue weighted by Gasteiger charge is 2.13. The van der Waals surface area contributed by atoms with Gasteiger partial charge in [-0.05, 0) is 30.3 Å². The van der Waals surface area contributed by atoms with Gasteiger partial charge >= 0.3 is 0 Å². The van der Waals surface area contributed by atoms with Gasteiger partial charge in [0.05, 0.1) is 25.6 Å². The molecule has 1 aromatic heterocycles. The number of anilines is 3. The number of hydrogen-bond donors (Lipinski definition) is 2. The summed E-state index contributed by atoms with van der Waals surface area (Å²) in [5.74, 6) is -1.07. The van der Waals surface area contributed by atoms with Crippen LogP contribution in [0.25, 0.3) is 0 Å². The molecular formula is C19H16F2N4O3. The van der Waals surface area contributed by atoms with E-state index < -0.39 is 17.5 Å². The van der Waals surface area contributed by atoms with Gasteiger partial charge in [-0.15, -0.1) is 0 Å². The molecule has 3 aromatic rings. The number of methoxy groups -OCH3 is 2. The molecule has 1 heterocycles. The highest BCUT2D eigenvalue weighted by molar-refractivity contribution is 6.03. The number of nitrogens with one attached hydrogen (secondary N) is 2. The van der Waals surface area contributed by atoms with Gasteiger partial charge in [-0.1, -0.05) is 0 Å². The smallest absolute Gasteiger partial charge is 0.274 e. The number of hydrogen-bond acceptors (Lipinski definition) is 6. The highest BCUT2D eigenvalue weighted by Crippen LogP contribution is 2.30. The van der Waals surface area contributed by atoms with Gasteiger partial charge in [0.2, 0.25) is 5.95 Å². The molecule has 0 aliphatic carbocycles. The molecule has 1 amide bonds. The fraction of sp³-hybridized carbons (Fsp3) is 0.105. The number of halogens is 2. The summed E-state index contributed by atoms with van der Waals surface area (Å²) >= 11 is 0. The lowest BCUT2D eigenvalue weighted by atomic mass is 10.2. The first-order chi connectivity index (χ1) is 13.5. The Kier molecular flexibility index (Phi) is 5.64. The highest BCUT2D eigenvalue weighted by atomic mass is 19.1. The molecule has 0 spiro atoms. The van der Waals surface area contributed by atoms with E-state index in [1.807, 2.05) is 0 Å². The SMILES string of the molecule is COc1ccc(OC)c(Nc2nccc(C(=O)Nc3ccc(F)cc3F)n2)c1. The van der Waals surface area contributed by atoms with Crippen molar-refractivity contribution in [2.24, 2.45) is 0 Å². The number of amides is 1. The second-order valence-corrected chi connectivity index (χ2v) is 5.53. The lowest BCUT2D eigenvalue weighted by molar-refractivity contribution is 0.102. The molecule has 3 rings (SSSR count). The number of benzene rings is 2. The van der Waals surface area contributed by atoms with Crippen molar-refractivity contribution in [2.45, 2.75) is 0 Å². The van der Waals surface area contributed by atoms with Crippen molar-refractivity contribution >= 4 is 23.2 Å². The van der Waals surface area contributed by atoms with Crippen molar-refractivity contribution in [1.29, 1.82) is 0 Å². The monoisotopic (exact) mass is 386 g/mol. The number of carbonyl (C=O) groups excluding carboxylic acids is 1. The van der Waals surface area contributed by atoms with Crippen LogP contribution in [0.3, 0.4) is 0 Å². The van der Waals surface area contributed by atoms with Crippen molar-refractivity contribution in [2.75, 3.05) is 24.9 Å². The lowest BCUT2D eigenvalue weighted by Crippen LogP contribution is -2.15. The van der Waals surface area contributed by atoms with Crippen LogP contribution in [0.5, 0.6) is 11.5 Å². The first-order valence-electron chi connectivity index (χ1n) is 8.08. The number of aromatic nitrogens is 2. The van der Waals surface area contributed by atoms with Crippen molar-refractivity contribution < 1.29 is 23.0 Å². The average Bonchev–Trinajstić information content (AvgIpc) is 2.70. The van der Waals surface area contributed by atoms with Crippen LogP contribution in [-0.2, 0) is 0 Å². The molecule has 28 heavy (non-hydrogen) atoms. The lowest BCUT2D eigenvalue weighted by Gasteiger charge is -2.12. The van der Waals surface area contributed by atoms with Crippen molar-refractivity contribution in [3.63, 3.8) is 0 Å². The summed E-state index contributed by atoms with van der Waals surface area (Å²) in [6.45, 7) is 0. The van der Waals surface area contributed by atoms with E-state index in [1.54, 1.807) is 18.2 Å². The molecule has 9 heteroatoms. The summed E-state index contributed by atoms with van der Waals surface area (Å²) in [4.78, 5) is 20.5. The van der Waals surface area contributed by atoms with Gasteiger partial charge in [-0.25, -0.2) is 18.7 Å². The molecule has 2 N–H and O–H groups in total. The van der Waals surface area contributed by atoms with Crippen LogP contribution in [0, 0.1) is 11.6 Å². The van der Waals surface area contributed by atoms with Gasteiger partial charge in [0.15, 0.2) is 0 Å². The van der Waals surface area contributed by atoms with E-state index in [2.05, 4.69) is 20.6 Å². The van der Waals surface area contributed by atoms with Crippen LogP contribution in [0.4, 0.5) is 26.1 Å². The Morgan fingerprint density at radius 1 is 1.00 bits per heavy atom. The molecule has 7 nitrogen and oxygen atoms in total. The number of rotatable bonds is 6. The summed E-state index contributed by atoms with van der Waals surface area (Å²) in [6.07, 6.45) is 1.37. The third kappa shape index (κ3) is 4.32. The van der Waals surface area contributed by atoms with Crippen LogP contribution in [0.15, 0.2) is 48.7 Å². The normalized spacial score (nSPS) is 10.3. The maximum Gasteiger partial charge on any atom is 0.274 e. The van der Waals surface area contributed by atoms with Crippen molar-refractivity contribution in [1.82, 2.24) is 9.97 Å². The predicted molar refractivity (Wildman–Crippen MR) is 99.2 cm³/mol. The summed E-state index contributed by atoms with van der Waals surface area (Å²) in [6, 6.07) is 9.33. The van der Waals surface area contributed by atoms with Gasteiger partial charge in [-0.2, -0.15) is 0 Å². The maximum absolute atomic E-state index is 13.7. The van der Waals surface area contributed by atoms with Crippen LogP contribution in [0.2, 0.25) is 0 Å². The number of nitrogens with zero attached hydrogens (tertiary/aromatic N) is 2. The van der Waals surface area contributed by atoms with E-state index in [0.717, 1.165) is 12.1 Å². The van der Waals surface area contributed by atoms with Crippen LogP contribution < -0.4 is 20.1 Å². The average molecular weight is 386 g/mol.